The van der Waals surface area contributed by atoms with E-state index in [0.717, 1.165) is 5.69 Å². The number of aromatic amines is 1. The first-order valence-corrected chi connectivity index (χ1v) is 4.22. The number of aliphatic hydroxyl groups is 1. The first-order chi connectivity index (χ1) is 5.81. The van der Waals surface area contributed by atoms with Crippen LogP contribution in [0.3, 0.4) is 0 Å². The van der Waals surface area contributed by atoms with Crippen molar-refractivity contribution in [3.05, 3.63) is 22.1 Å². The van der Waals surface area contributed by atoms with Gasteiger partial charge in [-0.15, -0.1) is 0 Å². The number of hydrogen-bond donors (Lipinski definition) is 2. The van der Waals surface area contributed by atoms with Crippen LogP contribution in [0.25, 0.3) is 0 Å². The minimum absolute atomic E-state index is 0.00449. The van der Waals surface area contributed by atoms with Crippen molar-refractivity contribution >= 4 is 0 Å². The lowest BCUT2D eigenvalue weighted by molar-refractivity contribution is 0.267. The summed E-state index contributed by atoms with van der Waals surface area (Å²) in [5.74, 6) is 0.567. The average molecular weight is 168 g/mol. The SMILES string of the molecule is O=c1cc(C2CC2)[nH]n1CCO. The predicted molar refractivity (Wildman–Crippen MR) is 44.1 cm³/mol. The maximum atomic E-state index is 11.2. The molecule has 0 aliphatic heterocycles. The Morgan fingerprint density at radius 2 is 2.42 bits per heavy atom. The number of nitrogens with zero attached hydrogens (tertiary/aromatic N) is 1. The third kappa shape index (κ3) is 1.30. The van der Waals surface area contributed by atoms with Crippen LogP contribution in [0.4, 0.5) is 0 Å². The summed E-state index contributed by atoms with van der Waals surface area (Å²) >= 11 is 0. The summed E-state index contributed by atoms with van der Waals surface area (Å²) in [6.45, 7) is 0.371. The lowest BCUT2D eigenvalue weighted by Crippen LogP contribution is -2.17. The van der Waals surface area contributed by atoms with Gasteiger partial charge in [-0.25, -0.2) is 0 Å². The Hall–Kier alpha value is -1.03. The van der Waals surface area contributed by atoms with E-state index in [1.807, 2.05) is 0 Å². The molecule has 0 radical (unpaired) electrons. The van der Waals surface area contributed by atoms with Crippen LogP contribution in [-0.4, -0.2) is 21.5 Å². The van der Waals surface area contributed by atoms with Gasteiger partial charge in [-0.1, -0.05) is 0 Å². The van der Waals surface area contributed by atoms with Crippen molar-refractivity contribution in [2.24, 2.45) is 0 Å². The average Bonchev–Trinajstić information content (AvgIpc) is 2.80. The molecule has 0 amide bonds. The molecule has 1 aromatic rings. The highest BCUT2D eigenvalue weighted by atomic mass is 16.3. The second kappa shape index (κ2) is 2.79. The van der Waals surface area contributed by atoms with Crippen LogP contribution in [0, 0.1) is 0 Å². The van der Waals surface area contributed by atoms with E-state index >= 15 is 0 Å². The van der Waals surface area contributed by atoms with Crippen LogP contribution in [-0.2, 0) is 6.54 Å². The van der Waals surface area contributed by atoms with Crippen molar-refractivity contribution in [3.8, 4) is 0 Å². The zero-order chi connectivity index (χ0) is 8.55. The largest absolute Gasteiger partial charge is 0.394 e. The molecule has 66 valence electrons. The van der Waals surface area contributed by atoms with Gasteiger partial charge in [-0.05, 0) is 12.8 Å². The molecule has 0 bridgehead atoms. The molecule has 1 saturated carbocycles. The number of hydrogen-bond acceptors (Lipinski definition) is 2. The second-order valence-electron chi connectivity index (χ2n) is 3.20. The summed E-state index contributed by atoms with van der Waals surface area (Å²) in [4.78, 5) is 11.2. The quantitative estimate of drug-likeness (QED) is 0.669. The Morgan fingerprint density at radius 1 is 1.67 bits per heavy atom. The van der Waals surface area contributed by atoms with Gasteiger partial charge < -0.3 is 5.11 Å². The molecule has 4 nitrogen and oxygen atoms in total. The lowest BCUT2D eigenvalue weighted by atomic mass is 10.3. The molecule has 1 aliphatic rings. The summed E-state index contributed by atoms with van der Waals surface area (Å²) in [7, 11) is 0. The standard InChI is InChI=1S/C8H12N2O2/c11-4-3-10-8(12)5-7(9-10)6-1-2-6/h5-6,9,11H,1-4H2. The molecule has 0 atom stereocenters. The van der Waals surface area contributed by atoms with Crippen molar-refractivity contribution < 1.29 is 5.11 Å². The smallest absolute Gasteiger partial charge is 0.266 e. The van der Waals surface area contributed by atoms with Gasteiger partial charge in [-0.2, -0.15) is 0 Å². The topological polar surface area (TPSA) is 58.0 Å². The maximum absolute atomic E-state index is 11.2. The van der Waals surface area contributed by atoms with Gasteiger partial charge in [0.25, 0.3) is 5.56 Å². The minimum atomic E-state index is -0.0362. The molecule has 1 heterocycles. The van der Waals surface area contributed by atoms with Crippen molar-refractivity contribution in [1.29, 1.82) is 0 Å². The van der Waals surface area contributed by atoms with Gasteiger partial charge in [0.15, 0.2) is 0 Å². The van der Waals surface area contributed by atoms with Crippen LogP contribution in [0.5, 0.6) is 0 Å². The summed E-state index contributed by atoms with van der Waals surface area (Å²) in [6, 6.07) is 1.63. The number of rotatable bonds is 3. The van der Waals surface area contributed by atoms with Gasteiger partial charge in [-0.3, -0.25) is 14.6 Å². The summed E-state index contributed by atoms with van der Waals surface area (Å²) < 4.78 is 1.45. The molecular weight excluding hydrogens is 156 g/mol. The first kappa shape index (κ1) is 7.61. The third-order valence-corrected chi connectivity index (χ3v) is 2.15. The molecule has 1 aromatic heterocycles. The monoisotopic (exact) mass is 168 g/mol. The Labute approximate surface area is 69.8 Å². The van der Waals surface area contributed by atoms with Gasteiger partial charge in [0.1, 0.15) is 0 Å². The lowest BCUT2D eigenvalue weighted by Gasteiger charge is -1.96. The van der Waals surface area contributed by atoms with E-state index in [9.17, 15) is 4.79 Å². The van der Waals surface area contributed by atoms with Crippen molar-refractivity contribution in [2.45, 2.75) is 25.3 Å². The maximum Gasteiger partial charge on any atom is 0.266 e. The number of H-pyrrole nitrogens is 1. The zero-order valence-electron chi connectivity index (χ0n) is 6.79. The summed E-state index contributed by atoms with van der Waals surface area (Å²) in [5, 5.41) is 11.6. The Morgan fingerprint density at radius 3 is 3.00 bits per heavy atom. The molecule has 0 saturated heterocycles. The molecular formula is C8H12N2O2. The van der Waals surface area contributed by atoms with E-state index in [1.165, 1.54) is 17.5 Å². The van der Waals surface area contributed by atoms with E-state index in [0.29, 0.717) is 12.5 Å². The molecule has 0 aromatic carbocycles. The zero-order valence-corrected chi connectivity index (χ0v) is 6.79. The Balaban J connectivity index is 2.24. The highest BCUT2D eigenvalue weighted by Crippen LogP contribution is 2.38. The number of aliphatic hydroxyl groups excluding tert-OH is 1. The Bertz CT molecular complexity index is 322. The van der Waals surface area contributed by atoms with Crippen LogP contribution >= 0.6 is 0 Å². The van der Waals surface area contributed by atoms with Gasteiger partial charge in [0, 0.05) is 17.7 Å². The molecule has 12 heavy (non-hydrogen) atoms. The Kier molecular flexibility index (Phi) is 1.77. The fourth-order valence-electron chi connectivity index (χ4n) is 1.32. The molecule has 2 N–H and O–H groups in total. The van der Waals surface area contributed by atoms with Crippen LogP contribution in [0.2, 0.25) is 0 Å². The van der Waals surface area contributed by atoms with Crippen molar-refractivity contribution in [3.63, 3.8) is 0 Å². The van der Waals surface area contributed by atoms with E-state index in [2.05, 4.69) is 5.10 Å². The van der Waals surface area contributed by atoms with E-state index in [1.54, 1.807) is 6.07 Å². The number of nitrogens with one attached hydrogen (secondary N) is 1. The fraction of sp³-hybridized carbons (Fsp3) is 0.625. The highest BCUT2D eigenvalue weighted by Gasteiger charge is 2.25. The molecule has 1 aliphatic carbocycles. The van der Waals surface area contributed by atoms with Gasteiger partial charge in [0.05, 0.1) is 13.2 Å². The first-order valence-electron chi connectivity index (χ1n) is 4.22. The van der Waals surface area contributed by atoms with E-state index in [-0.39, 0.29) is 12.2 Å². The highest BCUT2D eigenvalue weighted by molar-refractivity contribution is 5.12. The molecule has 0 unspecified atom stereocenters. The van der Waals surface area contributed by atoms with Crippen LogP contribution in [0.15, 0.2) is 10.9 Å². The third-order valence-electron chi connectivity index (χ3n) is 2.15. The number of aromatic nitrogens is 2. The van der Waals surface area contributed by atoms with Gasteiger partial charge in [0.2, 0.25) is 0 Å². The molecule has 0 spiro atoms. The second-order valence-corrected chi connectivity index (χ2v) is 3.20. The predicted octanol–water partition coefficient (Wildman–Crippen LogP) is 0.0461. The molecule has 4 heteroatoms. The molecule has 1 fully saturated rings. The normalized spacial score (nSPS) is 16.8. The minimum Gasteiger partial charge on any atom is -0.394 e. The van der Waals surface area contributed by atoms with E-state index < -0.39 is 0 Å². The summed E-state index contributed by atoms with van der Waals surface area (Å²) in [5.41, 5.74) is 0.986. The van der Waals surface area contributed by atoms with Crippen LogP contribution in [0.1, 0.15) is 24.5 Å². The molecule has 2 rings (SSSR count). The van der Waals surface area contributed by atoms with Gasteiger partial charge >= 0.3 is 0 Å². The fourth-order valence-corrected chi connectivity index (χ4v) is 1.32. The van der Waals surface area contributed by atoms with Crippen molar-refractivity contribution in [1.82, 2.24) is 9.78 Å². The van der Waals surface area contributed by atoms with E-state index in [4.69, 9.17) is 5.11 Å². The summed E-state index contributed by atoms with van der Waals surface area (Å²) in [6.07, 6.45) is 2.36. The van der Waals surface area contributed by atoms with Crippen molar-refractivity contribution in [2.75, 3.05) is 6.61 Å². The van der Waals surface area contributed by atoms with Crippen LogP contribution < -0.4 is 5.56 Å².